The molecular formula is C20H20ClN2O+. The summed E-state index contributed by atoms with van der Waals surface area (Å²) in [5.41, 5.74) is 1.96. The SMILES string of the molecule is C[C@@H]([NH2+]CC(=O)Nc1cccc2ccccc12)c1cccc(Cl)c1. The number of carbonyl (C=O) groups excluding carboxylic acids is 1. The van der Waals surface area contributed by atoms with E-state index in [1.165, 1.54) is 0 Å². The largest absolute Gasteiger partial charge is 0.333 e. The van der Waals surface area contributed by atoms with Crippen LogP contribution in [0.25, 0.3) is 10.8 Å². The summed E-state index contributed by atoms with van der Waals surface area (Å²) in [5, 5.41) is 7.90. The van der Waals surface area contributed by atoms with Crippen molar-refractivity contribution in [2.45, 2.75) is 13.0 Å². The fourth-order valence-electron chi connectivity index (χ4n) is 2.75. The van der Waals surface area contributed by atoms with Crippen molar-refractivity contribution < 1.29 is 10.1 Å². The highest BCUT2D eigenvalue weighted by Crippen LogP contribution is 2.22. The van der Waals surface area contributed by atoms with Crippen molar-refractivity contribution in [3.63, 3.8) is 0 Å². The molecule has 3 N–H and O–H groups in total. The van der Waals surface area contributed by atoms with E-state index >= 15 is 0 Å². The first kappa shape index (κ1) is 16.5. The number of hydrogen-bond acceptors (Lipinski definition) is 1. The maximum Gasteiger partial charge on any atom is 0.279 e. The van der Waals surface area contributed by atoms with Gasteiger partial charge in [-0.1, -0.05) is 60.1 Å². The fourth-order valence-corrected chi connectivity index (χ4v) is 2.94. The predicted octanol–water partition coefficient (Wildman–Crippen LogP) is 3.76. The lowest BCUT2D eigenvalue weighted by molar-refractivity contribution is -0.682. The average Bonchev–Trinajstić information content (AvgIpc) is 2.60. The van der Waals surface area contributed by atoms with Gasteiger partial charge in [0, 0.05) is 21.7 Å². The molecule has 0 radical (unpaired) electrons. The smallest absolute Gasteiger partial charge is 0.279 e. The fraction of sp³-hybridized carbons (Fsp3) is 0.150. The molecule has 0 heterocycles. The third-order valence-electron chi connectivity index (χ3n) is 4.09. The molecule has 1 amide bonds. The van der Waals surface area contributed by atoms with Gasteiger partial charge in [0.1, 0.15) is 6.04 Å². The van der Waals surface area contributed by atoms with Crippen molar-refractivity contribution in [1.82, 2.24) is 0 Å². The minimum atomic E-state index is -0.0137. The molecule has 0 saturated carbocycles. The van der Waals surface area contributed by atoms with E-state index in [0.29, 0.717) is 11.6 Å². The highest BCUT2D eigenvalue weighted by atomic mass is 35.5. The van der Waals surface area contributed by atoms with Gasteiger partial charge in [0.2, 0.25) is 0 Å². The van der Waals surface area contributed by atoms with Crippen LogP contribution in [0.1, 0.15) is 18.5 Å². The van der Waals surface area contributed by atoms with Crippen molar-refractivity contribution in [2.24, 2.45) is 0 Å². The Labute approximate surface area is 146 Å². The normalized spacial score (nSPS) is 12.1. The molecule has 4 heteroatoms. The molecule has 0 aliphatic carbocycles. The summed E-state index contributed by atoms with van der Waals surface area (Å²) in [4.78, 5) is 12.3. The number of benzene rings is 3. The van der Waals surface area contributed by atoms with Gasteiger partial charge < -0.3 is 10.6 Å². The standard InChI is InChI=1S/C20H19ClN2O/c1-14(16-8-4-9-17(21)12-16)22-13-20(24)23-19-11-5-7-15-6-2-3-10-18(15)19/h2-12,14,22H,13H2,1H3,(H,23,24)/p+1/t14-/m1/s1. The number of quaternary nitrogens is 1. The molecule has 0 spiro atoms. The lowest BCUT2D eigenvalue weighted by Crippen LogP contribution is -2.86. The molecule has 3 nitrogen and oxygen atoms in total. The summed E-state index contributed by atoms with van der Waals surface area (Å²) in [5.74, 6) is -0.0137. The molecule has 24 heavy (non-hydrogen) atoms. The summed E-state index contributed by atoms with van der Waals surface area (Å²) in [6, 6.07) is 21.9. The maximum atomic E-state index is 12.3. The first-order chi connectivity index (χ1) is 11.6. The number of rotatable bonds is 5. The van der Waals surface area contributed by atoms with Gasteiger partial charge in [-0.2, -0.15) is 0 Å². The Hall–Kier alpha value is -2.36. The Morgan fingerprint density at radius 1 is 1.08 bits per heavy atom. The van der Waals surface area contributed by atoms with Crippen LogP contribution >= 0.6 is 11.6 Å². The average molecular weight is 340 g/mol. The quantitative estimate of drug-likeness (QED) is 0.730. The zero-order chi connectivity index (χ0) is 16.9. The molecule has 3 aromatic rings. The molecule has 0 unspecified atom stereocenters. The number of nitrogens with two attached hydrogens (primary N) is 1. The summed E-state index contributed by atoms with van der Waals surface area (Å²) < 4.78 is 0. The zero-order valence-electron chi connectivity index (χ0n) is 13.5. The van der Waals surface area contributed by atoms with Crippen LogP contribution in [0.2, 0.25) is 5.02 Å². The number of amides is 1. The van der Waals surface area contributed by atoms with Gasteiger partial charge in [-0.3, -0.25) is 4.79 Å². The lowest BCUT2D eigenvalue weighted by atomic mass is 10.1. The third-order valence-corrected chi connectivity index (χ3v) is 4.33. The van der Waals surface area contributed by atoms with Gasteiger partial charge >= 0.3 is 0 Å². The van der Waals surface area contributed by atoms with Crippen molar-refractivity contribution in [1.29, 1.82) is 0 Å². The number of anilines is 1. The third kappa shape index (κ3) is 3.94. The molecule has 3 rings (SSSR count). The lowest BCUT2D eigenvalue weighted by Gasteiger charge is -2.12. The molecular weight excluding hydrogens is 320 g/mol. The maximum absolute atomic E-state index is 12.3. The summed E-state index contributed by atoms with van der Waals surface area (Å²) in [7, 11) is 0. The number of nitrogens with one attached hydrogen (secondary N) is 1. The highest BCUT2D eigenvalue weighted by Gasteiger charge is 2.12. The van der Waals surface area contributed by atoms with Crippen LogP contribution < -0.4 is 10.6 Å². The van der Waals surface area contributed by atoms with Crippen molar-refractivity contribution in [2.75, 3.05) is 11.9 Å². The Morgan fingerprint density at radius 2 is 1.83 bits per heavy atom. The zero-order valence-corrected chi connectivity index (χ0v) is 14.3. The van der Waals surface area contributed by atoms with E-state index in [1.807, 2.05) is 72.0 Å². The Kier molecular flexibility index (Phi) is 5.14. The predicted molar refractivity (Wildman–Crippen MR) is 99.2 cm³/mol. The molecule has 0 aliphatic rings. The second kappa shape index (κ2) is 7.47. The van der Waals surface area contributed by atoms with Gasteiger partial charge in [0.25, 0.3) is 5.91 Å². The van der Waals surface area contributed by atoms with Crippen LogP contribution in [0.15, 0.2) is 66.7 Å². The number of carbonyl (C=O) groups is 1. The van der Waals surface area contributed by atoms with Gasteiger partial charge in [0.05, 0.1) is 0 Å². The van der Waals surface area contributed by atoms with E-state index in [1.54, 1.807) is 0 Å². The summed E-state index contributed by atoms with van der Waals surface area (Å²) in [6.07, 6.45) is 0. The molecule has 3 aromatic carbocycles. The second-order valence-electron chi connectivity index (χ2n) is 5.86. The number of fused-ring (bicyclic) bond motifs is 1. The van der Waals surface area contributed by atoms with E-state index in [2.05, 4.69) is 12.2 Å². The van der Waals surface area contributed by atoms with Crippen LogP contribution in [-0.2, 0) is 4.79 Å². The van der Waals surface area contributed by atoms with Crippen molar-refractivity contribution in [3.05, 3.63) is 77.3 Å². The van der Waals surface area contributed by atoms with Crippen LogP contribution in [0.4, 0.5) is 5.69 Å². The Morgan fingerprint density at radius 3 is 2.67 bits per heavy atom. The molecule has 0 aliphatic heterocycles. The number of hydrogen-bond donors (Lipinski definition) is 2. The van der Waals surface area contributed by atoms with Gasteiger partial charge in [0.15, 0.2) is 6.54 Å². The molecule has 122 valence electrons. The summed E-state index contributed by atoms with van der Waals surface area (Å²) >= 11 is 6.02. The van der Waals surface area contributed by atoms with Crippen LogP contribution in [0.5, 0.6) is 0 Å². The first-order valence-electron chi connectivity index (χ1n) is 8.00. The van der Waals surface area contributed by atoms with E-state index in [-0.39, 0.29) is 11.9 Å². The van der Waals surface area contributed by atoms with Crippen LogP contribution in [-0.4, -0.2) is 12.5 Å². The summed E-state index contributed by atoms with van der Waals surface area (Å²) in [6.45, 7) is 2.42. The van der Waals surface area contributed by atoms with Crippen molar-refractivity contribution in [3.8, 4) is 0 Å². The van der Waals surface area contributed by atoms with Crippen LogP contribution in [0, 0.1) is 0 Å². The van der Waals surface area contributed by atoms with Gasteiger partial charge in [-0.15, -0.1) is 0 Å². The topological polar surface area (TPSA) is 45.7 Å². The minimum Gasteiger partial charge on any atom is -0.333 e. The molecule has 0 saturated heterocycles. The number of halogens is 1. The Bertz CT molecular complexity index is 858. The molecule has 0 fully saturated rings. The minimum absolute atomic E-state index is 0.0137. The highest BCUT2D eigenvalue weighted by molar-refractivity contribution is 6.30. The van der Waals surface area contributed by atoms with Crippen molar-refractivity contribution >= 4 is 34.0 Å². The van der Waals surface area contributed by atoms with Gasteiger partial charge in [-0.25, -0.2) is 0 Å². The molecule has 0 aromatic heterocycles. The van der Waals surface area contributed by atoms with Gasteiger partial charge in [-0.05, 0) is 30.5 Å². The Balaban J connectivity index is 1.63. The second-order valence-corrected chi connectivity index (χ2v) is 6.29. The van der Waals surface area contributed by atoms with E-state index in [0.717, 1.165) is 22.0 Å². The van der Waals surface area contributed by atoms with E-state index < -0.39 is 0 Å². The first-order valence-corrected chi connectivity index (χ1v) is 8.37. The van der Waals surface area contributed by atoms with E-state index in [4.69, 9.17) is 11.6 Å². The molecule has 1 atom stereocenters. The van der Waals surface area contributed by atoms with E-state index in [9.17, 15) is 4.79 Å². The monoisotopic (exact) mass is 339 g/mol. The van der Waals surface area contributed by atoms with Crippen LogP contribution in [0.3, 0.4) is 0 Å². The molecule has 0 bridgehead atoms.